The Kier molecular flexibility index (Phi) is 8.46. The van der Waals surface area contributed by atoms with Crippen LogP contribution in [-0.4, -0.2) is 23.2 Å². The van der Waals surface area contributed by atoms with E-state index in [1.165, 1.54) is 7.11 Å². The molecule has 1 saturated heterocycles. The molecule has 10 heteroatoms. The second kappa shape index (κ2) is 11.6. The molecular formula is C26H17Cl2IN2O4S. The van der Waals surface area contributed by atoms with Crippen LogP contribution in [0.4, 0.5) is 4.79 Å². The highest BCUT2D eigenvalue weighted by Gasteiger charge is 2.35. The predicted molar refractivity (Wildman–Crippen MR) is 149 cm³/mol. The van der Waals surface area contributed by atoms with Gasteiger partial charge in [0, 0.05) is 21.2 Å². The summed E-state index contributed by atoms with van der Waals surface area (Å²) in [5.41, 5.74) is 2.48. The van der Waals surface area contributed by atoms with E-state index < -0.39 is 11.1 Å². The van der Waals surface area contributed by atoms with Gasteiger partial charge in [-0.25, -0.2) is 0 Å². The molecule has 0 aromatic heterocycles. The minimum absolute atomic E-state index is 0.0156. The first-order valence-corrected chi connectivity index (χ1v) is 13.1. The van der Waals surface area contributed by atoms with E-state index in [0.29, 0.717) is 38.2 Å². The first-order valence-electron chi connectivity index (χ1n) is 10.5. The zero-order chi connectivity index (χ0) is 25.8. The van der Waals surface area contributed by atoms with E-state index in [9.17, 15) is 14.9 Å². The van der Waals surface area contributed by atoms with Gasteiger partial charge < -0.3 is 9.47 Å². The number of ether oxygens (including phenoxy) is 2. The molecule has 0 unspecified atom stereocenters. The fourth-order valence-electron chi connectivity index (χ4n) is 3.50. The van der Waals surface area contributed by atoms with Gasteiger partial charge in [0.1, 0.15) is 6.61 Å². The van der Waals surface area contributed by atoms with E-state index in [1.54, 1.807) is 42.5 Å². The third-order valence-corrected chi connectivity index (χ3v) is 7.73. The quantitative estimate of drug-likeness (QED) is 0.197. The largest absolute Gasteiger partial charge is 0.493 e. The Morgan fingerprint density at radius 1 is 1.11 bits per heavy atom. The van der Waals surface area contributed by atoms with E-state index in [-0.39, 0.29) is 18.1 Å². The average molecular weight is 651 g/mol. The van der Waals surface area contributed by atoms with Crippen LogP contribution in [0.15, 0.2) is 59.5 Å². The molecule has 0 spiro atoms. The molecule has 182 valence electrons. The Morgan fingerprint density at radius 2 is 1.83 bits per heavy atom. The summed E-state index contributed by atoms with van der Waals surface area (Å²) < 4.78 is 12.3. The number of imide groups is 1. The molecule has 1 aliphatic rings. The zero-order valence-electron chi connectivity index (χ0n) is 18.8. The van der Waals surface area contributed by atoms with Crippen LogP contribution in [-0.2, 0) is 17.9 Å². The number of hydrogen-bond donors (Lipinski definition) is 0. The molecule has 4 rings (SSSR count). The van der Waals surface area contributed by atoms with Crippen molar-refractivity contribution in [1.82, 2.24) is 4.90 Å². The molecule has 0 N–H and O–H groups in total. The van der Waals surface area contributed by atoms with Gasteiger partial charge in [0.05, 0.1) is 33.8 Å². The number of hydrogen-bond acceptors (Lipinski definition) is 6. The van der Waals surface area contributed by atoms with E-state index >= 15 is 0 Å². The van der Waals surface area contributed by atoms with Crippen molar-refractivity contribution in [1.29, 1.82) is 5.26 Å². The number of carbonyl (C=O) groups excluding carboxylic acids is 2. The summed E-state index contributed by atoms with van der Waals surface area (Å²) >= 11 is 15.4. The summed E-state index contributed by atoms with van der Waals surface area (Å²) in [7, 11) is 1.52. The van der Waals surface area contributed by atoms with E-state index in [2.05, 4.69) is 28.7 Å². The fourth-order valence-corrected chi connectivity index (χ4v) is 5.63. The monoisotopic (exact) mass is 650 g/mol. The smallest absolute Gasteiger partial charge is 0.293 e. The first-order chi connectivity index (χ1) is 17.3. The molecule has 0 saturated carbocycles. The molecule has 1 fully saturated rings. The summed E-state index contributed by atoms with van der Waals surface area (Å²) in [6, 6.07) is 17.9. The molecule has 0 bridgehead atoms. The minimum Gasteiger partial charge on any atom is -0.493 e. The lowest BCUT2D eigenvalue weighted by Crippen LogP contribution is -2.27. The molecule has 3 aromatic carbocycles. The zero-order valence-corrected chi connectivity index (χ0v) is 23.2. The molecule has 2 amide bonds. The molecule has 6 nitrogen and oxygen atoms in total. The SMILES string of the molecule is COc1cc(/C=C2\SC(=O)N(Cc3c(Cl)cccc3Cl)C2=O)cc(I)c1OCc1ccccc1C#N. The van der Waals surface area contributed by atoms with Gasteiger partial charge in [-0.1, -0.05) is 47.5 Å². The van der Waals surface area contributed by atoms with Crippen molar-refractivity contribution < 1.29 is 19.1 Å². The van der Waals surface area contributed by atoms with E-state index in [4.69, 9.17) is 32.7 Å². The highest BCUT2D eigenvalue weighted by molar-refractivity contribution is 14.1. The van der Waals surface area contributed by atoms with Gasteiger partial charge in [0.15, 0.2) is 11.5 Å². The molecule has 3 aromatic rings. The van der Waals surface area contributed by atoms with Crippen LogP contribution in [0.25, 0.3) is 6.08 Å². The van der Waals surface area contributed by atoms with Gasteiger partial charge in [-0.15, -0.1) is 0 Å². The third kappa shape index (κ3) is 5.65. The number of benzene rings is 3. The molecule has 0 radical (unpaired) electrons. The predicted octanol–water partition coefficient (Wildman–Crippen LogP) is 7.29. The minimum atomic E-state index is -0.427. The fraction of sp³-hybridized carbons (Fsp3) is 0.115. The lowest BCUT2D eigenvalue weighted by Gasteiger charge is -2.15. The van der Waals surface area contributed by atoms with Gasteiger partial charge in [-0.05, 0) is 76.3 Å². The van der Waals surface area contributed by atoms with Crippen molar-refractivity contribution in [3.63, 3.8) is 0 Å². The second-order valence-corrected chi connectivity index (χ2v) is 10.5. The Labute approximate surface area is 235 Å². The standard InChI is InChI=1S/C26H17Cl2IN2O4S/c1-34-22-10-15(9-21(29)24(22)35-14-17-6-3-2-5-16(17)12-30)11-23-25(32)31(26(33)36-23)13-18-19(27)7-4-8-20(18)28/h2-11H,13-14H2,1H3/b23-11-. The highest BCUT2D eigenvalue weighted by atomic mass is 127. The average Bonchev–Trinajstić information content (AvgIpc) is 3.12. The molecule has 1 aliphatic heterocycles. The summed E-state index contributed by atoms with van der Waals surface area (Å²) in [6.07, 6.45) is 1.64. The topological polar surface area (TPSA) is 79.6 Å². The molecule has 1 heterocycles. The Morgan fingerprint density at radius 3 is 2.53 bits per heavy atom. The van der Waals surface area contributed by atoms with Crippen molar-refractivity contribution in [2.75, 3.05) is 7.11 Å². The summed E-state index contributed by atoms with van der Waals surface area (Å²) in [4.78, 5) is 27.0. The number of halogens is 3. The van der Waals surface area contributed by atoms with Crippen molar-refractivity contribution in [3.05, 3.63) is 95.4 Å². The number of thioether (sulfide) groups is 1. The van der Waals surface area contributed by atoms with Crippen molar-refractivity contribution >= 4 is 74.8 Å². The summed E-state index contributed by atoms with van der Waals surface area (Å²) in [5, 5.41) is 9.67. The third-order valence-electron chi connectivity index (χ3n) is 5.31. The molecular weight excluding hydrogens is 634 g/mol. The first kappa shape index (κ1) is 26.4. The number of carbonyl (C=O) groups is 2. The highest BCUT2D eigenvalue weighted by Crippen LogP contribution is 2.39. The van der Waals surface area contributed by atoms with Gasteiger partial charge >= 0.3 is 0 Å². The Balaban J connectivity index is 1.56. The summed E-state index contributed by atoms with van der Waals surface area (Å²) in [6.45, 7) is 0.178. The van der Waals surface area contributed by atoms with Crippen LogP contribution in [0.5, 0.6) is 11.5 Å². The van der Waals surface area contributed by atoms with Crippen molar-refractivity contribution in [2.24, 2.45) is 0 Å². The van der Waals surface area contributed by atoms with E-state index in [0.717, 1.165) is 25.8 Å². The molecule has 0 atom stereocenters. The normalized spacial score (nSPS) is 14.3. The number of nitriles is 1. The number of methoxy groups -OCH3 is 1. The lowest BCUT2D eigenvalue weighted by atomic mass is 10.1. The number of nitrogens with zero attached hydrogens (tertiary/aromatic N) is 2. The van der Waals surface area contributed by atoms with Crippen LogP contribution in [0.3, 0.4) is 0 Å². The van der Waals surface area contributed by atoms with Crippen molar-refractivity contribution in [3.8, 4) is 17.6 Å². The maximum atomic E-state index is 13.0. The second-order valence-electron chi connectivity index (χ2n) is 7.56. The van der Waals surface area contributed by atoms with Crippen LogP contribution in [0, 0.1) is 14.9 Å². The number of rotatable bonds is 7. The van der Waals surface area contributed by atoms with E-state index in [1.807, 2.05) is 18.2 Å². The van der Waals surface area contributed by atoms with Crippen LogP contribution < -0.4 is 9.47 Å². The summed E-state index contributed by atoms with van der Waals surface area (Å²) in [5.74, 6) is 0.553. The number of amides is 2. The van der Waals surface area contributed by atoms with Crippen LogP contribution in [0.1, 0.15) is 22.3 Å². The van der Waals surface area contributed by atoms with Gasteiger partial charge in [0.25, 0.3) is 11.1 Å². The van der Waals surface area contributed by atoms with Crippen molar-refractivity contribution in [2.45, 2.75) is 13.2 Å². The Bertz CT molecular complexity index is 1420. The molecule has 36 heavy (non-hydrogen) atoms. The van der Waals surface area contributed by atoms with Gasteiger partial charge in [0.2, 0.25) is 0 Å². The van der Waals surface area contributed by atoms with Crippen LogP contribution in [0.2, 0.25) is 10.0 Å². The lowest BCUT2D eigenvalue weighted by molar-refractivity contribution is -0.123. The molecule has 0 aliphatic carbocycles. The Hall–Kier alpha value is -2.71. The van der Waals surface area contributed by atoms with Crippen LogP contribution >= 0.6 is 57.6 Å². The van der Waals surface area contributed by atoms with Gasteiger partial charge in [-0.3, -0.25) is 14.5 Å². The maximum absolute atomic E-state index is 13.0. The van der Waals surface area contributed by atoms with Gasteiger partial charge in [-0.2, -0.15) is 5.26 Å². The maximum Gasteiger partial charge on any atom is 0.293 e.